The Hall–Kier alpha value is -1.55. The quantitative estimate of drug-likeness (QED) is 0.868. The molecule has 0 saturated carbocycles. The number of amides is 1. The number of para-hydroxylation sites is 1. The molecule has 0 aromatic heterocycles. The Balaban J connectivity index is 1.67. The lowest BCUT2D eigenvalue weighted by Gasteiger charge is -2.49. The first-order valence-electron chi connectivity index (χ1n) is 9.38. The third kappa shape index (κ3) is 3.92. The summed E-state index contributed by atoms with van der Waals surface area (Å²) in [6.07, 6.45) is 7.54. The molecule has 4 nitrogen and oxygen atoms in total. The van der Waals surface area contributed by atoms with Gasteiger partial charge in [0.25, 0.3) is 0 Å². The van der Waals surface area contributed by atoms with Crippen molar-refractivity contribution in [2.75, 3.05) is 7.11 Å². The number of carbonyl (C=O) groups is 1. The van der Waals surface area contributed by atoms with Crippen molar-refractivity contribution < 1.29 is 9.53 Å². The molecule has 1 N–H and O–H groups in total. The van der Waals surface area contributed by atoms with E-state index in [1.807, 2.05) is 12.1 Å². The number of piperidine rings is 2. The van der Waals surface area contributed by atoms with Gasteiger partial charge in [-0.05, 0) is 38.2 Å². The van der Waals surface area contributed by atoms with E-state index in [1.54, 1.807) is 7.11 Å². The van der Waals surface area contributed by atoms with Gasteiger partial charge in [0, 0.05) is 36.7 Å². The Kier molecular flexibility index (Phi) is 5.77. The zero-order valence-corrected chi connectivity index (χ0v) is 15.0. The Morgan fingerprint density at radius 2 is 1.96 bits per heavy atom. The molecule has 2 unspecified atom stereocenters. The van der Waals surface area contributed by atoms with Crippen molar-refractivity contribution in [1.29, 1.82) is 0 Å². The fraction of sp³-hybridized carbons (Fsp3) is 0.650. The summed E-state index contributed by atoms with van der Waals surface area (Å²) in [5.41, 5.74) is 1.27. The van der Waals surface area contributed by atoms with Gasteiger partial charge < -0.3 is 10.1 Å². The van der Waals surface area contributed by atoms with E-state index < -0.39 is 0 Å². The molecule has 2 saturated heterocycles. The second-order valence-corrected chi connectivity index (χ2v) is 7.21. The number of rotatable bonds is 6. The van der Waals surface area contributed by atoms with Crippen LogP contribution in [0.5, 0.6) is 5.75 Å². The minimum atomic E-state index is 0.221. The van der Waals surface area contributed by atoms with E-state index in [9.17, 15) is 4.79 Å². The number of nitrogens with one attached hydrogen (secondary N) is 1. The highest BCUT2D eigenvalue weighted by atomic mass is 16.5. The van der Waals surface area contributed by atoms with Gasteiger partial charge in [-0.1, -0.05) is 31.5 Å². The molecular formula is C20H30N2O2. The van der Waals surface area contributed by atoms with Crippen LogP contribution < -0.4 is 10.1 Å². The molecule has 2 aliphatic rings. The van der Waals surface area contributed by atoms with Gasteiger partial charge in [0.2, 0.25) is 5.91 Å². The van der Waals surface area contributed by atoms with Gasteiger partial charge in [-0.3, -0.25) is 9.69 Å². The average molecular weight is 330 g/mol. The number of methoxy groups -OCH3 is 1. The number of carbonyl (C=O) groups excluding carboxylic acids is 1. The fourth-order valence-corrected chi connectivity index (χ4v) is 4.41. The van der Waals surface area contributed by atoms with Gasteiger partial charge in [0.1, 0.15) is 5.75 Å². The van der Waals surface area contributed by atoms with Crippen molar-refractivity contribution in [1.82, 2.24) is 10.2 Å². The molecule has 2 bridgehead atoms. The second-order valence-electron chi connectivity index (χ2n) is 7.21. The molecule has 2 atom stereocenters. The first kappa shape index (κ1) is 17.3. The smallest absolute Gasteiger partial charge is 0.220 e. The van der Waals surface area contributed by atoms with Crippen LogP contribution in [0.15, 0.2) is 24.3 Å². The molecule has 0 aliphatic carbocycles. The number of hydrogen-bond donors (Lipinski definition) is 1. The molecule has 2 heterocycles. The molecule has 1 amide bonds. The summed E-state index contributed by atoms with van der Waals surface area (Å²) in [7, 11) is 1.75. The van der Waals surface area contributed by atoms with Crippen LogP contribution in [0.4, 0.5) is 0 Å². The van der Waals surface area contributed by atoms with Crippen LogP contribution in [0.1, 0.15) is 57.4 Å². The maximum Gasteiger partial charge on any atom is 0.220 e. The fourth-order valence-electron chi connectivity index (χ4n) is 4.41. The van der Waals surface area contributed by atoms with Crippen LogP contribution in [-0.4, -0.2) is 36.0 Å². The highest BCUT2D eigenvalue weighted by molar-refractivity contribution is 5.76. The molecule has 1 aromatic rings. The zero-order chi connectivity index (χ0) is 16.9. The Bertz CT molecular complexity index is 546. The molecule has 1 aromatic carbocycles. The Morgan fingerprint density at radius 3 is 2.62 bits per heavy atom. The summed E-state index contributed by atoms with van der Waals surface area (Å²) in [6.45, 7) is 3.01. The maximum absolute atomic E-state index is 11.9. The largest absolute Gasteiger partial charge is 0.496 e. The van der Waals surface area contributed by atoms with Gasteiger partial charge in [0.05, 0.1) is 7.11 Å². The number of fused-ring (bicyclic) bond motifs is 2. The number of ether oxygens (including phenoxy) is 1. The lowest BCUT2D eigenvalue weighted by molar-refractivity contribution is -0.122. The van der Waals surface area contributed by atoms with Crippen molar-refractivity contribution >= 4 is 5.91 Å². The van der Waals surface area contributed by atoms with Crippen molar-refractivity contribution in [3.8, 4) is 5.75 Å². The van der Waals surface area contributed by atoms with Crippen LogP contribution in [0.25, 0.3) is 0 Å². The minimum Gasteiger partial charge on any atom is -0.496 e. The lowest BCUT2D eigenvalue weighted by atomic mass is 9.81. The summed E-state index contributed by atoms with van der Waals surface area (Å²) in [5, 5.41) is 3.27. The van der Waals surface area contributed by atoms with Crippen molar-refractivity contribution in [2.24, 2.45) is 0 Å². The Labute approximate surface area is 145 Å². The second kappa shape index (κ2) is 8.02. The predicted molar refractivity (Wildman–Crippen MR) is 96.0 cm³/mol. The third-order valence-corrected chi connectivity index (χ3v) is 5.51. The van der Waals surface area contributed by atoms with E-state index in [4.69, 9.17) is 4.74 Å². The summed E-state index contributed by atoms with van der Waals surface area (Å²) >= 11 is 0. The minimum absolute atomic E-state index is 0.221. The molecule has 2 fully saturated rings. The van der Waals surface area contributed by atoms with E-state index in [0.29, 0.717) is 24.5 Å². The number of hydrogen-bond acceptors (Lipinski definition) is 3. The first-order valence-corrected chi connectivity index (χ1v) is 9.38. The lowest BCUT2D eigenvalue weighted by Crippen LogP contribution is -2.56. The molecule has 2 aliphatic heterocycles. The molecule has 4 heteroatoms. The van der Waals surface area contributed by atoms with Gasteiger partial charge in [-0.15, -0.1) is 0 Å². The van der Waals surface area contributed by atoms with Crippen LogP contribution in [-0.2, 0) is 11.3 Å². The third-order valence-electron chi connectivity index (χ3n) is 5.51. The summed E-state index contributed by atoms with van der Waals surface area (Å²) in [4.78, 5) is 14.6. The standard InChI is InChI=1S/C20H30N2O2/c1-3-7-20(23)21-16-12-17-9-6-10-18(13-16)22(17)14-15-8-4-5-11-19(15)24-2/h4-5,8,11,16-18H,3,6-7,9-10,12-14H2,1-2H3,(H,21,23). The number of benzene rings is 1. The van der Waals surface area contributed by atoms with Gasteiger partial charge >= 0.3 is 0 Å². The summed E-state index contributed by atoms with van der Waals surface area (Å²) in [6, 6.07) is 9.84. The van der Waals surface area contributed by atoms with Gasteiger partial charge in [0.15, 0.2) is 0 Å². The topological polar surface area (TPSA) is 41.6 Å². The van der Waals surface area contributed by atoms with Gasteiger partial charge in [-0.2, -0.15) is 0 Å². The van der Waals surface area contributed by atoms with Crippen LogP contribution >= 0.6 is 0 Å². The molecule has 24 heavy (non-hydrogen) atoms. The molecule has 0 radical (unpaired) electrons. The highest BCUT2D eigenvalue weighted by Gasteiger charge is 2.38. The van der Waals surface area contributed by atoms with E-state index in [0.717, 1.165) is 31.6 Å². The molecule has 132 valence electrons. The summed E-state index contributed by atoms with van der Waals surface area (Å²) in [5.74, 6) is 1.20. The van der Waals surface area contributed by atoms with Gasteiger partial charge in [-0.25, -0.2) is 0 Å². The number of nitrogens with zero attached hydrogens (tertiary/aromatic N) is 1. The van der Waals surface area contributed by atoms with Crippen LogP contribution in [0, 0.1) is 0 Å². The maximum atomic E-state index is 11.9. The van der Waals surface area contributed by atoms with E-state index >= 15 is 0 Å². The van der Waals surface area contributed by atoms with Crippen molar-refractivity contribution in [2.45, 2.75) is 76.5 Å². The van der Waals surface area contributed by atoms with Crippen LogP contribution in [0.3, 0.4) is 0 Å². The highest BCUT2D eigenvalue weighted by Crippen LogP contribution is 2.36. The SMILES string of the molecule is CCCC(=O)NC1CC2CCCC(C1)N2Cc1ccccc1OC. The van der Waals surface area contributed by atoms with Crippen molar-refractivity contribution in [3.63, 3.8) is 0 Å². The molecular weight excluding hydrogens is 300 g/mol. The summed E-state index contributed by atoms with van der Waals surface area (Å²) < 4.78 is 5.53. The van der Waals surface area contributed by atoms with Crippen molar-refractivity contribution in [3.05, 3.63) is 29.8 Å². The molecule has 0 spiro atoms. The van der Waals surface area contributed by atoms with E-state index in [2.05, 4.69) is 29.3 Å². The molecule has 3 rings (SSSR count). The average Bonchev–Trinajstić information content (AvgIpc) is 2.56. The van der Waals surface area contributed by atoms with E-state index in [-0.39, 0.29) is 5.91 Å². The Morgan fingerprint density at radius 1 is 1.25 bits per heavy atom. The monoisotopic (exact) mass is 330 g/mol. The van der Waals surface area contributed by atoms with E-state index in [1.165, 1.54) is 24.8 Å². The zero-order valence-electron chi connectivity index (χ0n) is 15.0. The van der Waals surface area contributed by atoms with Crippen LogP contribution in [0.2, 0.25) is 0 Å². The first-order chi connectivity index (χ1) is 11.7. The predicted octanol–water partition coefficient (Wildman–Crippen LogP) is 3.50. The normalized spacial score (nSPS) is 26.8.